The van der Waals surface area contributed by atoms with Crippen molar-refractivity contribution in [3.05, 3.63) is 64.5 Å². The minimum Gasteiger partial charge on any atom is -0.368 e. The molecule has 3 aromatic rings. The van der Waals surface area contributed by atoms with Crippen molar-refractivity contribution in [2.45, 2.75) is 12.5 Å². The fourth-order valence-corrected chi connectivity index (χ4v) is 3.88. The standard InChI is InChI=1S/C17H15N3O2S2/c18-16(22)15(11-5-2-1-3-6-11)20-14(21)9-12-10-24-17(19-12)13-7-4-8-23-13/h1-8,10,15H,9H2,(H2,18,22)(H,20,21)/t15-/m1/s1. The molecule has 24 heavy (non-hydrogen) atoms. The van der Waals surface area contributed by atoms with Crippen LogP contribution in [-0.4, -0.2) is 16.8 Å². The summed E-state index contributed by atoms with van der Waals surface area (Å²) in [6.45, 7) is 0. The number of primary amides is 1. The van der Waals surface area contributed by atoms with Crippen molar-refractivity contribution in [2.75, 3.05) is 0 Å². The van der Waals surface area contributed by atoms with Gasteiger partial charge in [0.25, 0.3) is 0 Å². The van der Waals surface area contributed by atoms with Gasteiger partial charge in [-0.05, 0) is 17.0 Å². The van der Waals surface area contributed by atoms with E-state index in [0.717, 1.165) is 9.88 Å². The average Bonchev–Trinajstić information content (AvgIpc) is 3.24. The van der Waals surface area contributed by atoms with E-state index in [-0.39, 0.29) is 12.3 Å². The lowest BCUT2D eigenvalue weighted by Crippen LogP contribution is -2.38. The summed E-state index contributed by atoms with van der Waals surface area (Å²) in [4.78, 5) is 29.4. The number of thiophene rings is 1. The van der Waals surface area contributed by atoms with E-state index in [1.807, 2.05) is 29.0 Å². The van der Waals surface area contributed by atoms with Gasteiger partial charge >= 0.3 is 0 Å². The third-order valence-electron chi connectivity index (χ3n) is 3.35. The number of carbonyl (C=O) groups is 2. The van der Waals surface area contributed by atoms with E-state index in [4.69, 9.17) is 5.73 Å². The SMILES string of the molecule is NC(=O)[C@H](NC(=O)Cc1csc(-c2cccs2)n1)c1ccccc1. The van der Waals surface area contributed by atoms with E-state index in [0.29, 0.717) is 11.3 Å². The Balaban J connectivity index is 1.67. The molecule has 122 valence electrons. The zero-order valence-corrected chi connectivity index (χ0v) is 14.3. The zero-order valence-electron chi connectivity index (χ0n) is 12.6. The number of hydrogen-bond acceptors (Lipinski definition) is 5. The highest BCUT2D eigenvalue weighted by Crippen LogP contribution is 2.27. The molecule has 0 saturated carbocycles. The third kappa shape index (κ3) is 3.87. The van der Waals surface area contributed by atoms with E-state index < -0.39 is 11.9 Å². The molecule has 7 heteroatoms. The molecule has 2 heterocycles. The first-order valence-corrected chi connectivity index (χ1v) is 9.01. The van der Waals surface area contributed by atoms with Crippen molar-refractivity contribution in [1.29, 1.82) is 0 Å². The van der Waals surface area contributed by atoms with Crippen LogP contribution >= 0.6 is 22.7 Å². The van der Waals surface area contributed by atoms with Crippen molar-refractivity contribution in [3.63, 3.8) is 0 Å². The summed E-state index contributed by atoms with van der Waals surface area (Å²) < 4.78 is 0. The van der Waals surface area contributed by atoms with E-state index in [1.54, 1.807) is 35.6 Å². The number of carbonyl (C=O) groups excluding carboxylic acids is 2. The maximum Gasteiger partial charge on any atom is 0.244 e. The van der Waals surface area contributed by atoms with Crippen molar-refractivity contribution < 1.29 is 9.59 Å². The fourth-order valence-electron chi connectivity index (χ4n) is 2.24. The fraction of sp³-hybridized carbons (Fsp3) is 0.118. The van der Waals surface area contributed by atoms with Crippen molar-refractivity contribution in [2.24, 2.45) is 5.73 Å². The Morgan fingerprint density at radius 3 is 2.58 bits per heavy atom. The largest absolute Gasteiger partial charge is 0.368 e. The second-order valence-electron chi connectivity index (χ2n) is 5.11. The maximum absolute atomic E-state index is 12.2. The number of nitrogens with zero attached hydrogens (tertiary/aromatic N) is 1. The Labute approximate surface area is 147 Å². The van der Waals surface area contributed by atoms with Crippen LogP contribution in [0.5, 0.6) is 0 Å². The average molecular weight is 357 g/mol. The predicted molar refractivity (Wildman–Crippen MR) is 95.7 cm³/mol. The summed E-state index contributed by atoms with van der Waals surface area (Å²) in [5, 5.41) is 7.41. The quantitative estimate of drug-likeness (QED) is 0.711. The lowest BCUT2D eigenvalue weighted by Gasteiger charge is -2.15. The Morgan fingerprint density at radius 1 is 1.12 bits per heavy atom. The van der Waals surface area contributed by atoms with Crippen LogP contribution in [0.1, 0.15) is 17.3 Å². The van der Waals surface area contributed by atoms with Gasteiger partial charge in [0.2, 0.25) is 11.8 Å². The Kier molecular flexibility index (Phi) is 5.02. The molecule has 0 radical (unpaired) electrons. The molecule has 0 fully saturated rings. The summed E-state index contributed by atoms with van der Waals surface area (Å²) in [6, 6.07) is 12.1. The molecule has 3 rings (SSSR count). The summed E-state index contributed by atoms with van der Waals surface area (Å²) in [6.07, 6.45) is 0.110. The topological polar surface area (TPSA) is 85.1 Å². The van der Waals surface area contributed by atoms with Gasteiger partial charge in [0.15, 0.2) is 0 Å². The van der Waals surface area contributed by atoms with Crippen LogP contribution < -0.4 is 11.1 Å². The first-order valence-electron chi connectivity index (χ1n) is 7.25. The van der Waals surface area contributed by atoms with Crippen LogP contribution in [0, 0.1) is 0 Å². The summed E-state index contributed by atoms with van der Waals surface area (Å²) in [7, 11) is 0. The van der Waals surface area contributed by atoms with E-state index in [1.165, 1.54) is 11.3 Å². The van der Waals surface area contributed by atoms with Crippen molar-refractivity contribution in [3.8, 4) is 9.88 Å². The molecule has 3 N–H and O–H groups in total. The molecule has 5 nitrogen and oxygen atoms in total. The van der Waals surface area contributed by atoms with Crippen molar-refractivity contribution in [1.82, 2.24) is 10.3 Å². The number of rotatable bonds is 6. The van der Waals surface area contributed by atoms with Gasteiger partial charge < -0.3 is 11.1 Å². The van der Waals surface area contributed by atoms with Crippen LogP contribution in [0.4, 0.5) is 0 Å². The molecule has 1 atom stereocenters. The molecule has 1 aromatic carbocycles. The molecule has 0 unspecified atom stereocenters. The predicted octanol–water partition coefficient (Wildman–Crippen LogP) is 2.76. The third-order valence-corrected chi connectivity index (χ3v) is 5.28. The number of nitrogens with one attached hydrogen (secondary N) is 1. The Bertz CT molecular complexity index is 829. The van der Waals surface area contributed by atoms with Crippen LogP contribution in [-0.2, 0) is 16.0 Å². The summed E-state index contributed by atoms with van der Waals surface area (Å²) in [5.74, 6) is -0.877. The van der Waals surface area contributed by atoms with Crippen LogP contribution in [0.2, 0.25) is 0 Å². The second-order valence-corrected chi connectivity index (χ2v) is 6.92. The van der Waals surface area contributed by atoms with Gasteiger partial charge in [0, 0.05) is 5.38 Å². The molecular weight excluding hydrogens is 342 g/mol. The Hall–Kier alpha value is -2.51. The minimum atomic E-state index is -0.839. The zero-order chi connectivity index (χ0) is 16.9. The number of thiazole rings is 1. The highest BCUT2D eigenvalue weighted by Gasteiger charge is 2.20. The minimum absolute atomic E-state index is 0.110. The molecule has 0 aliphatic rings. The number of nitrogens with two attached hydrogens (primary N) is 1. The molecular formula is C17H15N3O2S2. The van der Waals surface area contributed by atoms with Gasteiger partial charge in [-0.25, -0.2) is 4.98 Å². The Morgan fingerprint density at radius 2 is 1.92 bits per heavy atom. The van der Waals surface area contributed by atoms with Gasteiger partial charge in [-0.3, -0.25) is 9.59 Å². The lowest BCUT2D eigenvalue weighted by atomic mass is 10.1. The number of aromatic nitrogens is 1. The van der Waals surface area contributed by atoms with Gasteiger partial charge in [-0.2, -0.15) is 0 Å². The molecule has 2 amide bonds. The first kappa shape index (κ1) is 16.4. The first-order chi connectivity index (χ1) is 11.6. The highest BCUT2D eigenvalue weighted by molar-refractivity contribution is 7.20. The van der Waals surface area contributed by atoms with Gasteiger partial charge in [0.1, 0.15) is 11.0 Å². The number of benzene rings is 1. The van der Waals surface area contributed by atoms with Crippen LogP contribution in [0.3, 0.4) is 0 Å². The molecule has 0 aliphatic heterocycles. The summed E-state index contributed by atoms with van der Waals surface area (Å²) in [5.41, 5.74) is 6.75. The highest BCUT2D eigenvalue weighted by atomic mass is 32.1. The molecule has 0 bridgehead atoms. The molecule has 0 saturated heterocycles. The van der Waals surface area contributed by atoms with Crippen LogP contribution in [0.25, 0.3) is 9.88 Å². The lowest BCUT2D eigenvalue weighted by molar-refractivity contribution is -0.127. The van der Waals surface area contributed by atoms with Gasteiger partial charge in [0.05, 0.1) is 17.0 Å². The second kappa shape index (κ2) is 7.37. The molecule has 0 spiro atoms. The van der Waals surface area contributed by atoms with E-state index in [9.17, 15) is 9.59 Å². The smallest absolute Gasteiger partial charge is 0.244 e. The molecule has 0 aliphatic carbocycles. The number of hydrogen-bond donors (Lipinski definition) is 2. The summed E-state index contributed by atoms with van der Waals surface area (Å²) >= 11 is 3.10. The van der Waals surface area contributed by atoms with E-state index in [2.05, 4.69) is 10.3 Å². The van der Waals surface area contributed by atoms with E-state index >= 15 is 0 Å². The van der Waals surface area contributed by atoms with Crippen molar-refractivity contribution >= 4 is 34.5 Å². The monoisotopic (exact) mass is 357 g/mol. The maximum atomic E-state index is 12.2. The molecule has 2 aromatic heterocycles. The van der Waals surface area contributed by atoms with Gasteiger partial charge in [-0.15, -0.1) is 22.7 Å². The number of amides is 2. The van der Waals surface area contributed by atoms with Crippen LogP contribution in [0.15, 0.2) is 53.2 Å². The van der Waals surface area contributed by atoms with Gasteiger partial charge in [-0.1, -0.05) is 36.4 Å². The normalized spacial score (nSPS) is 11.8.